The number of benzodiazepines with no additional fused rings is 1. The fourth-order valence-electron chi connectivity index (χ4n) is 2.31. The molecule has 5 heteroatoms. The van der Waals surface area contributed by atoms with Crippen LogP contribution in [0.5, 0.6) is 0 Å². The van der Waals surface area contributed by atoms with Crippen LogP contribution in [-0.4, -0.2) is 25.2 Å². The van der Waals surface area contributed by atoms with Crippen molar-refractivity contribution in [3.05, 3.63) is 64.7 Å². The Hall–Kier alpha value is -2.64. The highest BCUT2D eigenvalue weighted by molar-refractivity contribution is 6.32. The minimum absolute atomic E-state index is 0.0282. The lowest BCUT2D eigenvalue weighted by Gasteiger charge is -2.18. The van der Waals surface area contributed by atoms with E-state index in [4.69, 9.17) is 16.9 Å². The Kier molecular flexibility index (Phi) is 5.51. The molecule has 2 aromatic rings. The van der Waals surface area contributed by atoms with Crippen molar-refractivity contribution < 1.29 is 4.79 Å². The normalized spacial score (nSPS) is 13.0. The van der Waals surface area contributed by atoms with Crippen molar-refractivity contribution in [3.63, 3.8) is 0 Å². The smallest absolute Gasteiger partial charge is 0.248 e. The first-order chi connectivity index (χ1) is 11.1. The molecule has 0 atom stereocenters. The quantitative estimate of drug-likeness (QED) is 0.803. The Labute approximate surface area is 140 Å². The molecular formula is C18H16ClN3O. The van der Waals surface area contributed by atoms with E-state index in [2.05, 4.69) is 4.99 Å². The average Bonchev–Trinajstić information content (AvgIpc) is 2.67. The average molecular weight is 326 g/mol. The highest BCUT2D eigenvalue weighted by Gasteiger charge is 2.22. The Morgan fingerprint density at radius 1 is 1.22 bits per heavy atom. The van der Waals surface area contributed by atoms with E-state index < -0.39 is 0 Å². The summed E-state index contributed by atoms with van der Waals surface area (Å²) in [5.74, 6) is -0.0282. The maximum Gasteiger partial charge on any atom is 0.248 e. The molecule has 0 radical (unpaired) electrons. The lowest BCUT2D eigenvalue weighted by Crippen LogP contribution is -2.27. The number of benzene rings is 2. The molecule has 0 aliphatic carbocycles. The van der Waals surface area contributed by atoms with Gasteiger partial charge in [-0.05, 0) is 18.2 Å². The van der Waals surface area contributed by atoms with Crippen LogP contribution in [0.2, 0.25) is 5.02 Å². The van der Waals surface area contributed by atoms with Crippen LogP contribution in [0.4, 0.5) is 5.69 Å². The summed E-state index contributed by atoms with van der Waals surface area (Å²) in [5.41, 5.74) is 3.51. The number of hydrogen-bond acceptors (Lipinski definition) is 3. The number of amides is 1. The van der Waals surface area contributed by atoms with Crippen LogP contribution in [0.3, 0.4) is 0 Å². The van der Waals surface area contributed by atoms with Gasteiger partial charge in [-0.1, -0.05) is 41.9 Å². The van der Waals surface area contributed by atoms with Crippen molar-refractivity contribution in [2.75, 3.05) is 18.5 Å². The molecule has 0 aromatic heterocycles. The first-order valence-corrected chi connectivity index (χ1v) is 7.43. The van der Waals surface area contributed by atoms with Gasteiger partial charge in [0.05, 0.1) is 17.5 Å². The second kappa shape index (κ2) is 7.57. The summed E-state index contributed by atoms with van der Waals surface area (Å²) in [7, 11) is 1.76. The van der Waals surface area contributed by atoms with E-state index in [1.54, 1.807) is 24.1 Å². The van der Waals surface area contributed by atoms with Crippen molar-refractivity contribution in [2.45, 2.75) is 6.92 Å². The molecule has 0 unspecified atom stereocenters. The zero-order valence-electron chi connectivity index (χ0n) is 13.0. The molecule has 116 valence electrons. The Morgan fingerprint density at radius 2 is 1.87 bits per heavy atom. The summed E-state index contributed by atoms with van der Waals surface area (Å²) in [6, 6.07) is 17.1. The Morgan fingerprint density at radius 3 is 2.52 bits per heavy atom. The highest BCUT2D eigenvalue weighted by Crippen LogP contribution is 2.28. The minimum Gasteiger partial charge on any atom is -0.313 e. The van der Waals surface area contributed by atoms with Crippen LogP contribution >= 0.6 is 11.6 Å². The standard InChI is InChI=1S/C16H13ClN2O.C2H3N/c1-19-14-8-7-12(17)9-13(14)16(18-10-15(19)20)11-5-3-2-4-6-11;1-2-3/h2-9H,10H2,1H3;1H3. The molecule has 0 fully saturated rings. The number of rotatable bonds is 1. The van der Waals surface area contributed by atoms with E-state index in [0.717, 1.165) is 22.5 Å². The van der Waals surface area contributed by atoms with Gasteiger partial charge < -0.3 is 4.90 Å². The molecule has 2 aromatic carbocycles. The third kappa shape index (κ3) is 3.77. The largest absolute Gasteiger partial charge is 0.313 e. The lowest BCUT2D eigenvalue weighted by molar-refractivity contribution is -0.116. The second-order valence-electron chi connectivity index (χ2n) is 4.87. The molecule has 1 heterocycles. The molecule has 0 N–H and O–H groups in total. The number of aliphatic imine (C=N–C) groups is 1. The number of nitriles is 1. The fourth-order valence-corrected chi connectivity index (χ4v) is 2.48. The lowest BCUT2D eigenvalue weighted by atomic mass is 10.0. The van der Waals surface area contributed by atoms with Crippen molar-refractivity contribution in [3.8, 4) is 6.07 Å². The van der Waals surface area contributed by atoms with Gasteiger partial charge in [-0.2, -0.15) is 5.26 Å². The zero-order chi connectivity index (χ0) is 16.8. The summed E-state index contributed by atoms with van der Waals surface area (Å²) in [5, 5.41) is 7.95. The van der Waals surface area contributed by atoms with Gasteiger partial charge in [-0.15, -0.1) is 0 Å². The topological polar surface area (TPSA) is 56.5 Å². The predicted octanol–water partition coefficient (Wildman–Crippen LogP) is 3.68. The summed E-state index contributed by atoms with van der Waals surface area (Å²) in [6.07, 6.45) is 0. The van der Waals surface area contributed by atoms with Crippen molar-refractivity contribution >= 4 is 28.9 Å². The van der Waals surface area contributed by atoms with E-state index in [9.17, 15) is 4.79 Å². The van der Waals surface area contributed by atoms with Gasteiger partial charge in [-0.3, -0.25) is 9.79 Å². The van der Waals surface area contributed by atoms with Crippen molar-refractivity contribution in [1.29, 1.82) is 5.26 Å². The van der Waals surface area contributed by atoms with Crippen LogP contribution in [0.15, 0.2) is 53.5 Å². The number of nitrogens with zero attached hydrogens (tertiary/aromatic N) is 3. The summed E-state index contributed by atoms with van der Waals surface area (Å²) in [6.45, 7) is 1.58. The number of carbonyl (C=O) groups excluding carboxylic acids is 1. The van der Waals surface area contributed by atoms with Gasteiger partial charge >= 0.3 is 0 Å². The Bertz CT molecular complexity index is 779. The van der Waals surface area contributed by atoms with Gasteiger partial charge in [0, 0.05) is 30.1 Å². The number of fused-ring (bicyclic) bond motifs is 1. The van der Waals surface area contributed by atoms with Gasteiger partial charge in [0.1, 0.15) is 6.54 Å². The minimum atomic E-state index is -0.0282. The van der Waals surface area contributed by atoms with Gasteiger partial charge in [0.25, 0.3) is 0 Å². The van der Waals surface area contributed by atoms with E-state index in [-0.39, 0.29) is 12.5 Å². The molecular weight excluding hydrogens is 310 g/mol. The molecule has 0 saturated heterocycles. The third-order valence-electron chi connectivity index (χ3n) is 3.37. The molecule has 3 rings (SSSR count). The highest BCUT2D eigenvalue weighted by atomic mass is 35.5. The maximum atomic E-state index is 12.0. The number of halogens is 1. The Balaban J connectivity index is 0.000000595. The molecule has 1 aliphatic heterocycles. The third-order valence-corrected chi connectivity index (χ3v) is 3.60. The predicted molar refractivity (Wildman–Crippen MR) is 93.1 cm³/mol. The van der Waals surface area contributed by atoms with E-state index >= 15 is 0 Å². The molecule has 0 bridgehead atoms. The molecule has 1 amide bonds. The number of likely N-dealkylation sites (N-methyl/N-ethyl adjacent to an activating group) is 1. The number of hydrogen-bond donors (Lipinski definition) is 0. The molecule has 4 nitrogen and oxygen atoms in total. The van der Waals surface area contributed by atoms with E-state index in [1.807, 2.05) is 42.5 Å². The van der Waals surface area contributed by atoms with Gasteiger partial charge in [0.15, 0.2) is 0 Å². The fraction of sp³-hybridized carbons (Fsp3) is 0.167. The van der Waals surface area contributed by atoms with E-state index in [1.165, 1.54) is 6.92 Å². The number of carbonyl (C=O) groups is 1. The summed E-state index contributed by atoms with van der Waals surface area (Å²) < 4.78 is 0. The molecule has 0 saturated carbocycles. The van der Waals surface area contributed by atoms with Crippen molar-refractivity contribution in [1.82, 2.24) is 0 Å². The maximum absolute atomic E-state index is 12.0. The van der Waals surface area contributed by atoms with Crippen LogP contribution in [0.25, 0.3) is 0 Å². The van der Waals surface area contributed by atoms with Crippen LogP contribution in [0.1, 0.15) is 18.1 Å². The van der Waals surface area contributed by atoms with Gasteiger partial charge in [0.2, 0.25) is 5.91 Å². The molecule has 23 heavy (non-hydrogen) atoms. The monoisotopic (exact) mass is 325 g/mol. The van der Waals surface area contributed by atoms with Crippen LogP contribution in [0, 0.1) is 11.3 Å². The summed E-state index contributed by atoms with van der Waals surface area (Å²) in [4.78, 5) is 18.1. The van der Waals surface area contributed by atoms with Crippen molar-refractivity contribution in [2.24, 2.45) is 4.99 Å². The second-order valence-corrected chi connectivity index (χ2v) is 5.31. The van der Waals surface area contributed by atoms with E-state index in [0.29, 0.717) is 5.02 Å². The number of anilines is 1. The molecule has 0 spiro atoms. The van der Waals surface area contributed by atoms with Crippen LogP contribution < -0.4 is 4.90 Å². The van der Waals surface area contributed by atoms with Gasteiger partial charge in [-0.25, -0.2) is 0 Å². The van der Waals surface area contributed by atoms with Crippen LogP contribution in [-0.2, 0) is 4.79 Å². The first kappa shape index (κ1) is 16.7. The molecule has 1 aliphatic rings. The summed E-state index contributed by atoms with van der Waals surface area (Å²) >= 11 is 6.11. The zero-order valence-corrected chi connectivity index (χ0v) is 13.7. The SMILES string of the molecule is CC#N.CN1C(=O)CN=C(c2ccccc2)c2cc(Cl)ccc21. The first-order valence-electron chi connectivity index (χ1n) is 7.05.